The first kappa shape index (κ1) is 17.7. The first-order chi connectivity index (χ1) is 13.7. The summed E-state index contributed by atoms with van der Waals surface area (Å²) >= 11 is 0. The second-order valence-corrected chi connectivity index (χ2v) is 6.55. The van der Waals surface area contributed by atoms with Crippen LogP contribution in [0.5, 0.6) is 0 Å². The van der Waals surface area contributed by atoms with Crippen LogP contribution in [0.2, 0.25) is 0 Å². The van der Waals surface area contributed by atoms with Crippen molar-refractivity contribution in [2.24, 2.45) is 0 Å². The van der Waals surface area contributed by atoms with Crippen LogP contribution in [0.25, 0.3) is 5.82 Å². The smallest absolute Gasteiger partial charge is 0.254 e. The van der Waals surface area contributed by atoms with E-state index in [-0.39, 0.29) is 5.91 Å². The highest BCUT2D eigenvalue weighted by molar-refractivity contribution is 5.94. The van der Waals surface area contributed by atoms with Crippen LogP contribution in [-0.2, 0) is 0 Å². The first-order valence-electron chi connectivity index (χ1n) is 9.02. The Labute approximate surface area is 162 Å². The third kappa shape index (κ3) is 3.42. The standard InChI is InChI=1S/C20H19N7O/c1-15-22-5-6-27(15)19-12-18(23-14-24-19)25-7-9-26(10-8-25)20(28)17-4-2-3-16(11-17)13-21/h2-6,11-12,14H,7-10H2,1H3. The van der Waals surface area contributed by atoms with Gasteiger partial charge in [-0.05, 0) is 25.1 Å². The summed E-state index contributed by atoms with van der Waals surface area (Å²) in [6.07, 6.45) is 5.16. The third-order valence-corrected chi connectivity index (χ3v) is 4.84. The van der Waals surface area contributed by atoms with Crippen molar-refractivity contribution in [3.8, 4) is 11.9 Å². The van der Waals surface area contributed by atoms with Crippen LogP contribution in [0.4, 0.5) is 5.82 Å². The van der Waals surface area contributed by atoms with Crippen LogP contribution >= 0.6 is 0 Å². The predicted octanol–water partition coefficient (Wildman–Crippen LogP) is 1.80. The molecular formula is C20H19N7O. The topological polar surface area (TPSA) is 90.9 Å². The zero-order valence-electron chi connectivity index (χ0n) is 15.5. The van der Waals surface area contributed by atoms with Gasteiger partial charge in [0.05, 0.1) is 11.6 Å². The number of piperazine rings is 1. The monoisotopic (exact) mass is 373 g/mol. The fourth-order valence-electron chi connectivity index (χ4n) is 3.30. The molecule has 1 aliphatic heterocycles. The summed E-state index contributed by atoms with van der Waals surface area (Å²) in [5.74, 6) is 2.41. The highest BCUT2D eigenvalue weighted by atomic mass is 16.2. The average molecular weight is 373 g/mol. The van der Waals surface area contributed by atoms with E-state index in [1.54, 1.807) is 36.8 Å². The number of nitriles is 1. The van der Waals surface area contributed by atoms with Gasteiger partial charge < -0.3 is 9.80 Å². The second-order valence-electron chi connectivity index (χ2n) is 6.55. The van der Waals surface area contributed by atoms with Crippen molar-refractivity contribution >= 4 is 11.7 Å². The molecule has 1 fully saturated rings. The number of imidazole rings is 1. The summed E-state index contributed by atoms with van der Waals surface area (Å²) in [7, 11) is 0. The summed E-state index contributed by atoms with van der Waals surface area (Å²) in [4.78, 5) is 29.6. The molecule has 0 N–H and O–H groups in total. The van der Waals surface area contributed by atoms with Gasteiger partial charge in [0.15, 0.2) is 0 Å². The lowest BCUT2D eigenvalue weighted by Gasteiger charge is -2.35. The van der Waals surface area contributed by atoms with E-state index in [0.29, 0.717) is 37.3 Å². The van der Waals surface area contributed by atoms with Gasteiger partial charge in [-0.1, -0.05) is 6.07 Å². The molecule has 8 heteroatoms. The molecular weight excluding hydrogens is 354 g/mol. The normalized spacial score (nSPS) is 14.0. The van der Waals surface area contributed by atoms with E-state index >= 15 is 0 Å². The number of anilines is 1. The molecule has 8 nitrogen and oxygen atoms in total. The van der Waals surface area contributed by atoms with Gasteiger partial charge in [-0.25, -0.2) is 15.0 Å². The lowest BCUT2D eigenvalue weighted by molar-refractivity contribution is 0.0746. The summed E-state index contributed by atoms with van der Waals surface area (Å²) < 4.78 is 1.91. The van der Waals surface area contributed by atoms with Crippen molar-refractivity contribution in [3.05, 3.63) is 66.0 Å². The van der Waals surface area contributed by atoms with Crippen molar-refractivity contribution in [3.63, 3.8) is 0 Å². The zero-order chi connectivity index (χ0) is 19.5. The lowest BCUT2D eigenvalue weighted by Crippen LogP contribution is -2.49. The molecule has 1 amide bonds. The SMILES string of the molecule is Cc1nccn1-c1cc(N2CCN(C(=O)c3cccc(C#N)c3)CC2)ncn1. The van der Waals surface area contributed by atoms with Crippen LogP contribution < -0.4 is 4.90 Å². The molecule has 0 unspecified atom stereocenters. The fourth-order valence-corrected chi connectivity index (χ4v) is 3.30. The van der Waals surface area contributed by atoms with E-state index < -0.39 is 0 Å². The second kappa shape index (κ2) is 7.48. The van der Waals surface area contributed by atoms with Gasteiger partial charge in [0, 0.05) is 50.2 Å². The van der Waals surface area contributed by atoms with Crippen LogP contribution in [0, 0.1) is 18.3 Å². The van der Waals surface area contributed by atoms with Crippen LogP contribution in [0.1, 0.15) is 21.7 Å². The fraction of sp³-hybridized carbons (Fsp3) is 0.250. The Morgan fingerprint density at radius 1 is 1.07 bits per heavy atom. The van der Waals surface area contributed by atoms with Crippen molar-refractivity contribution in [2.45, 2.75) is 6.92 Å². The van der Waals surface area contributed by atoms with Gasteiger partial charge >= 0.3 is 0 Å². The highest BCUT2D eigenvalue weighted by Gasteiger charge is 2.23. The molecule has 2 aromatic heterocycles. The van der Waals surface area contributed by atoms with Gasteiger partial charge in [0.25, 0.3) is 5.91 Å². The molecule has 0 atom stereocenters. The maximum atomic E-state index is 12.7. The number of hydrogen-bond donors (Lipinski definition) is 0. The molecule has 0 spiro atoms. The maximum Gasteiger partial charge on any atom is 0.254 e. The zero-order valence-corrected chi connectivity index (χ0v) is 15.5. The number of rotatable bonds is 3. The molecule has 28 heavy (non-hydrogen) atoms. The Hall–Kier alpha value is -3.73. The summed E-state index contributed by atoms with van der Waals surface area (Å²) in [6.45, 7) is 4.48. The van der Waals surface area contributed by atoms with Crippen molar-refractivity contribution in [2.75, 3.05) is 31.1 Å². The van der Waals surface area contributed by atoms with E-state index in [2.05, 4.69) is 25.9 Å². The Kier molecular flexibility index (Phi) is 4.72. The molecule has 1 aliphatic rings. The van der Waals surface area contributed by atoms with Gasteiger partial charge in [-0.2, -0.15) is 5.26 Å². The molecule has 140 valence electrons. The van der Waals surface area contributed by atoms with Gasteiger partial charge in [0.2, 0.25) is 0 Å². The van der Waals surface area contributed by atoms with Crippen LogP contribution in [0.15, 0.2) is 49.1 Å². The molecule has 3 aromatic rings. The first-order valence-corrected chi connectivity index (χ1v) is 9.02. The van der Waals surface area contributed by atoms with Crippen LogP contribution in [0.3, 0.4) is 0 Å². The number of aromatic nitrogens is 4. The number of amides is 1. The molecule has 4 rings (SSSR count). The van der Waals surface area contributed by atoms with Gasteiger partial charge in [0.1, 0.15) is 23.8 Å². The highest BCUT2D eigenvalue weighted by Crippen LogP contribution is 2.18. The number of carbonyl (C=O) groups excluding carboxylic acids is 1. The van der Waals surface area contributed by atoms with E-state index in [1.165, 1.54) is 0 Å². The molecule has 0 bridgehead atoms. The van der Waals surface area contributed by atoms with Crippen LogP contribution in [-0.4, -0.2) is 56.5 Å². The molecule has 0 aliphatic carbocycles. The average Bonchev–Trinajstić information content (AvgIpc) is 3.19. The largest absolute Gasteiger partial charge is 0.353 e. The Morgan fingerprint density at radius 2 is 1.86 bits per heavy atom. The third-order valence-electron chi connectivity index (χ3n) is 4.84. The van der Waals surface area contributed by atoms with Crippen molar-refractivity contribution < 1.29 is 4.79 Å². The summed E-state index contributed by atoms with van der Waals surface area (Å²) in [5.41, 5.74) is 1.04. The number of aryl methyl sites for hydroxylation is 1. The number of benzene rings is 1. The summed E-state index contributed by atoms with van der Waals surface area (Å²) in [6, 6.07) is 10.8. The lowest BCUT2D eigenvalue weighted by atomic mass is 10.1. The minimum Gasteiger partial charge on any atom is -0.353 e. The van der Waals surface area contributed by atoms with Gasteiger partial charge in [-0.15, -0.1) is 0 Å². The minimum absolute atomic E-state index is 0.0471. The Balaban J connectivity index is 1.45. The Bertz CT molecular complexity index is 1040. The number of hydrogen-bond acceptors (Lipinski definition) is 6. The number of carbonyl (C=O) groups is 1. The maximum absolute atomic E-state index is 12.7. The summed E-state index contributed by atoms with van der Waals surface area (Å²) in [5, 5.41) is 9.02. The molecule has 3 heterocycles. The van der Waals surface area contributed by atoms with Crippen molar-refractivity contribution in [1.82, 2.24) is 24.4 Å². The van der Waals surface area contributed by atoms with E-state index in [9.17, 15) is 4.79 Å². The molecule has 1 saturated heterocycles. The van der Waals surface area contributed by atoms with Crippen molar-refractivity contribution in [1.29, 1.82) is 5.26 Å². The predicted molar refractivity (Wildman–Crippen MR) is 103 cm³/mol. The Morgan fingerprint density at radius 3 is 2.57 bits per heavy atom. The molecule has 0 saturated carbocycles. The van der Waals surface area contributed by atoms with E-state index in [4.69, 9.17) is 5.26 Å². The number of nitrogens with zero attached hydrogens (tertiary/aromatic N) is 7. The molecule has 1 aromatic carbocycles. The van der Waals surface area contributed by atoms with E-state index in [0.717, 1.165) is 17.5 Å². The quantitative estimate of drug-likeness (QED) is 0.695. The molecule has 0 radical (unpaired) electrons. The minimum atomic E-state index is -0.0471. The van der Waals surface area contributed by atoms with Gasteiger partial charge in [-0.3, -0.25) is 9.36 Å². The van der Waals surface area contributed by atoms with E-state index in [1.807, 2.05) is 28.7 Å².